The number of likely N-dealkylation sites (tertiary alicyclic amines) is 1. The molecular formula is C15H28N2O. The molecule has 2 rings (SSSR count). The lowest BCUT2D eigenvalue weighted by Gasteiger charge is -2.37. The standard InChI is InChI=1S/C15H28N2O/c1-13(2)15(8-9-16-12-15)14(18)17-10-6-4-3-5-7-11-17/h13,16H,3-12H2,1-2H3. The minimum Gasteiger partial charge on any atom is -0.342 e. The van der Waals surface area contributed by atoms with Gasteiger partial charge < -0.3 is 10.2 Å². The van der Waals surface area contributed by atoms with Crippen LogP contribution in [0.4, 0.5) is 0 Å². The maximum atomic E-state index is 12.9. The van der Waals surface area contributed by atoms with E-state index in [9.17, 15) is 4.79 Å². The molecule has 0 spiro atoms. The summed E-state index contributed by atoms with van der Waals surface area (Å²) in [6.07, 6.45) is 7.31. The summed E-state index contributed by atoms with van der Waals surface area (Å²) in [6, 6.07) is 0. The Morgan fingerprint density at radius 3 is 2.22 bits per heavy atom. The van der Waals surface area contributed by atoms with Gasteiger partial charge in [-0.05, 0) is 31.7 Å². The zero-order valence-corrected chi connectivity index (χ0v) is 12.0. The molecule has 1 amide bonds. The summed E-state index contributed by atoms with van der Waals surface area (Å²) in [5.74, 6) is 0.856. The van der Waals surface area contributed by atoms with Crippen molar-refractivity contribution >= 4 is 5.91 Å². The third kappa shape index (κ3) is 2.71. The van der Waals surface area contributed by atoms with Crippen LogP contribution in [0.1, 0.15) is 52.4 Å². The molecule has 3 heteroatoms. The highest BCUT2D eigenvalue weighted by atomic mass is 16.2. The molecule has 0 aliphatic carbocycles. The van der Waals surface area contributed by atoms with Gasteiger partial charge in [-0.3, -0.25) is 4.79 Å². The van der Waals surface area contributed by atoms with E-state index >= 15 is 0 Å². The molecule has 3 nitrogen and oxygen atoms in total. The third-order valence-corrected chi connectivity index (χ3v) is 4.86. The maximum absolute atomic E-state index is 12.9. The van der Waals surface area contributed by atoms with Crippen LogP contribution < -0.4 is 5.32 Å². The van der Waals surface area contributed by atoms with Crippen LogP contribution in [-0.4, -0.2) is 37.0 Å². The Bertz CT molecular complexity index is 274. The van der Waals surface area contributed by atoms with Crippen molar-refractivity contribution in [3.8, 4) is 0 Å². The van der Waals surface area contributed by atoms with Crippen molar-refractivity contribution in [2.24, 2.45) is 11.3 Å². The number of hydrogen-bond donors (Lipinski definition) is 1. The molecule has 1 unspecified atom stereocenters. The average molecular weight is 252 g/mol. The second-order valence-electron chi connectivity index (χ2n) is 6.30. The van der Waals surface area contributed by atoms with Crippen LogP contribution in [0, 0.1) is 11.3 Å². The largest absolute Gasteiger partial charge is 0.342 e. The van der Waals surface area contributed by atoms with Gasteiger partial charge in [-0.2, -0.15) is 0 Å². The first-order valence-corrected chi connectivity index (χ1v) is 7.67. The summed E-state index contributed by atoms with van der Waals surface area (Å²) in [5, 5.41) is 3.39. The van der Waals surface area contributed by atoms with Crippen LogP contribution in [-0.2, 0) is 4.79 Å². The van der Waals surface area contributed by atoms with Crippen LogP contribution in [0.2, 0.25) is 0 Å². The van der Waals surface area contributed by atoms with E-state index in [0.29, 0.717) is 11.8 Å². The van der Waals surface area contributed by atoms with E-state index < -0.39 is 0 Å². The first-order valence-electron chi connectivity index (χ1n) is 7.67. The fourth-order valence-electron chi connectivity index (χ4n) is 3.40. The Morgan fingerprint density at radius 1 is 1.11 bits per heavy atom. The monoisotopic (exact) mass is 252 g/mol. The lowest BCUT2D eigenvalue weighted by molar-refractivity contribution is -0.144. The van der Waals surface area contributed by atoms with Gasteiger partial charge in [0.1, 0.15) is 0 Å². The summed E-state index contributed by atoms with van der Waals surface area (Å²) in [4.78, 5) is 15.1. The maximum Gasteiger partial charge on any atom is 0.230 e. The van der Waals surface area contributed by atoms with Crippen molar-refractivity contribution in [1.82, 2.24) is 10.2 Å². The molecule has 2 fully saturated rings. The summed E-state index contributed by atoms with van der Waals surface area (Å²) >= 11 is 0. The Balaban J connectivity index is 2.07. The van der Waals surface area contributed by atoms with Gasteiger partial charge in [0.25, 0.3) is 0 Å². The van der Waals surface area contributed by atoms with Crippen LogP contribution in [0.15, 0.2) is 0 Å². The minimum absolute atomic E-state index is 0.126. The molecule has 0 aromatic rings. The lowest BCUT2D eigenvalue weighted by atomic mass is 9.75. The van der Waals surface area contributed by atoms with Gasteiger partial charge in [-0.15, -0.1) is 0 Å². The zero-order valence-electron chi connectivity index (χ0n) is 12.0. The number of carbonyl (C=O) groups excluding carboxylic acids is 1. The van der Waals surface area contributed by atoms with E-state index in [2.05, 4.69) is 24.1 Å². The Hall–Kier alpha value is -0.570. The van der Waals surface area contributed by atoms with Crippen LogP contribution in [0.25, 0.3) is 0 Å². The lowest BCUT2D eigenvalue weighted by Crippen LogP contribution is -2.49. The third-order valence-electron chi connectivity index (χ3n) is 4.86. The molecule has 0 aromatic heterocycles. The predicted molar refractivity (Wildman–Crippen MR) is 74.4 cm³/mol. The van der Waals surface area contributed by atoms with E-state index in [1.165, 1.54) is 32.1 Å². The van der Waals surface area contributed by atoms with Gasteiger partial charge >= 0.3 is 0 Å². The van der Waals surface area contributed by atoms with E-state index in [4.69, 9.17) is 0 Å². The van der Waals surface area contributed by atoms with E-state index in [-0.39, 0.29) is 5.41 Å². The second kappa shape index (κ2) is 6.05. The molecule has 2 aliphatic heterocycles. The summed E-state index contributed by atoms with van der Waals surface area (Å²) < 4.78 is 0. The van der Waals surface area contributed by atoms with Crippen molar-refractivity contribution in [3.63, 3.8) is 0 Å². The quantitative estimate of drug-likeness (QED) is 0.818. The van der Waals surface area contributed by atoms with Crippen molar-refractivity contribution in [3.05, 3.63) is 0 Å². The van der Waals surface area contributed by atoms with Gasteiger partial charge in [0, 0.05) is 19.6 Å². The Morgan fingerprint density at radius 2 is 1.72 bits per heavy atom. The average Bonchev–Trinajstić information content (AvgIpc) is 2.77. The molecule has 1 N–H and O–H groups in total. The fraction of sp³-hybridized carbons (Fsp3) is 0.933. The molecular weight excluding hydrogens is 224 g/mol. The van der Waals surface area contributed by atoms with Crippen LogP contribution in [0.3, 0.4) is 0 Å². The molecule has 0 radical (unpaired) electrons. The predicted octanol–water partition coefficient (Wildman–Crippen LogP) is 2.41. The molecule has 2 aliphatic rings. The number of amides is 1. The number of hydrogen-bond acceptors (Lipinski definition) is 2. The molecule has 0 bridgehead atoms. The minimum atomic E-state index is -0.126. The number of nitrogens with one attached hydrogen (secondary N) is 1. The number of rotatable bonds is 2. The van der Waals surface area contributed by atoms with Gasteiger partial charge in [0.2, 0.25) is 5.91 Å². The molecule has 0 aromatic carbocycles. The van der Waals surface area contributed by atoms with Crippen molar-refractivity contribution in [1.29, 1.82) is 0 Å². The Kier molecular flexibility index (Phi) is 4.66. The van der Waals surface area contributed by atoms with Crippen molar-refractivity contribution in [2.75, 3.05) is 26.2 Å². The topological polar surface area (TPSA) is 32.3 Å². The summed E-state index contributed by atoms with van der Waals surface area (Å²) in [5.41, 5.74) is -0.126. The van der Waals surface area contributed by atoms with Crippen molar-refractivity contribution < 1.29 is 4.79 Å². The van der Waals surface area contributed by atoms with Crippen LogP contribution in [0.5, 0.6) is 0 Å². The van der Waals surface area contributed by atoms with Gasteiger partial charge in [-0.25, -0.2) is 0 Å². The Labute approximate surface area is 111 Å². The number of carbonyl (C=O) groups is 1. The van der Waals surface area contributed by atoms with Gasteiger partial charge in [-0.1, -0.05) is 33.1 Å². The normalized spacial score (nSPS) is 30.3. The van der Waals surface area contributed by atoms with E-state index in [1.54, 1.807) is 0 Å². The highest BCUT2D eigenvalue weighted by Gasteiger charge is 2.45. The molecule has 18 heavy (non-hydrogen) atoms. The van der Waals surface area contributed by atoms with E-state index in [1.807, 2.05) is 0 Å². The first kappa shape index (κ1) is 13.9. The zero-order chi connectivity index (χ0) is 13.0. The van der Waals surface area contributed by atoms with Crippen molar-refractivity contribution in [2.45, 2.75) is 52.4 Å². The first-order chi connectivity index (χ1) is 8.67. The highest BCUT2D eigenvalue weighted by Crippen LogP contribution is 2.36. The molecule has 0 saturated carbocycles. The molecule has 2 saturated heterocycles. The fourth-order valence-corrected chi connectivity index (χ4v) is 3.40. The number of nitrogens with zero attached hydrogens (tertiary/aromatic N) is 1. The van der Waals surface area contributed by atoms with Crippen LogP contribution >= 0.6 is 0 Å². The summed E-state index contributed by atoms with van der Waals surface area (Å²) in [6.45, 7) is 8.24. The smallest absolute Gasteiger partial charge is 0.230 e. The SMILES string of the molecule is CC(C)C1(C(=O)N2CCCCCCC2)CCNC1. The second-order valence-corrected chi connectivity index (χ2v) is 6.30. The van der Waals surface area contributed by atoms with Gasteiger partial charge in [0.15, 0.2) is 0 Å². The van der Waals surface area contributed by atoms with Gasteiger partial charge in [0.05, 0.1) is 5.41 Å². The summed E-state index contributed by atoms with van der Waals surface area (Å²) in [7, 11) is 0. The molecule has 1 atom stereocenters. The molecule has 2 heterocycles. The van der Waals surface area contributed by atoms with E-state index in [0.717, 1.165) is 32.6 Å². The molecule has 104 valence electrons. The highest BCUT2D eigenvalue weighted by molar-refractivity contribution is 5.83.